The van der Waals surface area contributed by atoms with Crippen molar-refractivity contribution >= 4 is 17.8 Å². The average Bonchev–Trinajstić information content (AvgIpc) is 2.38. The highest BCUT2D eigenvalue weighted by molar-refractivity contribution is 5.74. The van der Waals surface area contributed by atoms with E-state index in [0.717, 1.165) is 12.1 Å². The van der Waals surface area contributed by atoms with Crippen LogP contribution < -0.4 is 10.2 Å². The number of carbonyl (C=O) groups is 1. The van der Waals surface area contributed by atoms with E-state index in [1.165, 1.54) is 6.07 Å². The summed E-state index contributed by atoms with van der Waals surface area (Å²) < 4.78 is 44.0. The lowest BCUT2D eigenvalue weighted by atomic mass is 10.1. The molecule has 1 aromatic carbocycles. The molecule has 1 saturated heterocycles. The third-order valence-electron chi connectivity index (χ3n) is 3.08. The summed E-state index contributed by atoms with van der Waals surface area (Å²) in [5.74, 6) is 0. The number of anilines is 2. The van der Waals surface area contributed by atoms with Gasteiger partial charge in [0.05, 0.1) is 18.3 Å². The number of halogens is 3. The van der Waals surface area contributed by atoms with Gasteiger partial charge in [0, 0.05) is 24.5 Å². The van der Waals surface area contributed by atoms with Crippen LogP contribution in [0.15, 0.2) is 18.2 Å². The van der Waals surface area contributed by atoms with E-state index in [9.17, 15) is 18.0 Å². The second-order valence-corrected chi connectivity index (χ2v) is 4.66. The highest BCUT2D eigenvalue weighted by Crippen LogP contribution is 2.34. The highest BCUT2D eigenvalue weighted by Gasteiger charge is 2.32. The van der Waals surface area contributed by atoms with Gasteiger partial charge in [0.1, 0.15) is 0 Å². The van der Waals surface area contributed by atoms with Crippen LogP contribution in [-0.4, -0.2) is 32.2 Å². The number of ether oxygens (including phenoxy) is 1. The second kappa shape index (κ2) is 5.70. The van der Waals surface area contributed by atoms with Gasteiger partial charge in [0.25, 0.3) is 0 Å². The van der Waals surface area contributed by atoms with Crippen molar-refractivity contribution in [2.45, 2.75) is 19.2 Å². The molecule has 0 aliphatic carbocycles. The number of hydrogen-bond donors (Lipinski definition) is 1. The lowest BCUT2D eigenvalue weighted by Crippen LogP contribution is -2.41. The molecule has 1 atom stereocenters. The lowest BCUT2D eigenvalue weighted by Gasteiger charge is -2.33. The average molecular weight is 288 g/mol. The molecular weight excluding hydrogens is 273 g/mol. The Hall–Kier alpha value is -1.76. The van der Waals surface area contributed by atoms with Gasteiger partial charge in [-0.1, -0.05) is 0 Å². The van der Waals surface area contributed by atoms with Gasteiger partial charge < -0.3 is 15.0 Å². The van der Waals surface area contributed by atoms with E-state index < -0.39 is 11.7 Å². The van der Waals surface area contributed by atoms with Gasteiger partial charge in [-0.15, -0.1) is 0 Å². The molecule has 1 aromatic rings. The Bertz CT molecular complexity index is 491. The van der Waals surface area contributed by atoms with E-state index in [0.29, 0.717) is 31.8 Å². The molecule has 7 heteroatoms. The molecular formula is C13H15F3N2O2. The van der Waals surface area contributed by atoms with Crippen molar-refractivity contribution in [1.82, 2.24) is 0 Å². The first kappa shape index (κ1) is 14.6. The molecule has 1 unspecified atom stereocenters. The topological polar surface area (TPSA) is 41.6 Å². The molecule has 1 aliphatic heterocycles. The van der Waals surface area contributed by atoms with Gasteiger partial charge >= 0.3 is 6.18 Å². The lowest BCUT2D eigenvalue weighted by molar-refractivity contribution is -0.137. The zero-order chi connectivity index (χ0) is 14.8. The summed E-state index contributed by atoms with van der Waals surface area (Å²) in [6.07, 6.45) is -4.13. The summed E-state index contributed by atoms with van der Waals surface area (Å²) in [6, 6.07) is 3.54. The van der Waals surface area contributed by atoms with Crippen LogP contribution in [0.5, 0.6) is 0 Å². The van der Waals surface area contributed by atoms with Crippen molar-refractivity contribution in [3.8, 4) is 0 Å². The van der Waals surface area contributed by atoms with Gasteiger partial charge in [0.2, 0.25) is 6.41 Å². The Morgan fingerprint density at radius 3 is 2.75 bits per heavy atom. The maximum absolute atomic E-state index is 12.9. The molecule has 0 spiro atoms. The van der Waals surface area contributed by atoms with Crippen molar-refractivity contribution in [1.29, 1.82) is 0 Å². The first-order chi connectivity index (χ1) is 9.40. The van der Waals surface area contributed by atoms with Crippen molar-refractivity contribution < 1.29 is 22.7 Å². The zero-order valence-electron chi connectivity index (χ0n) is 10.9. The van der Waals surface area contributed by atoms with E-state index in [-0.39, 0.29) is 11.8 Å². The van der Waals surface area contributed by atoms with E-state index in [2.05, 4.69) is 5.32 Å². The van der Waals surface area contributed by atoms with Crippen LogP contribution in [0.25, 0.3) is 0 Å². The summed E-state index contributed by atoms with van der Waals surface area (Å²) in [7, 11) is 0. The maximum atomic E-state index is 12.9. The fourth-order valence-electron chi connectivity index (χ4n) is 2.16. The monoisotopic (exact) mass is 288 g/mol. The predicted octanol–water partition coefficient (Wildman–Crippen LogP) is 2.50. The first-order valence-electron chi connectivity index (χ1n) is 6.19. The summed E-state index contributed by atoms with van der Waals surface area (Å²) >= 11 is 0. The molecule has 1 heterocycles. The number of alkyl halides is 3. The minimum absolute atomic E-state index is 0.0410. The number of nitrogens with one attached hydrogen (secondary N) is 1. The van der Waals surface area contributed by atoms with E-state index in [1.54, 1.807) is 0 Å². The van der Waals surface area contributed by atoms with Gasteiger partial charge in [-0.3, -0.25) is 4.79 Å². The standard InChI is InChI=1S/C13H15F3N2O2/c1-9-7-18(2-3-20-9)12-5-10(13(14,15)16)4-11(6-12)17-8-19/h4-6,8-9H,2-3,7H2,1H3,(H,17,19). The Kier molecular flexibility index (Phi) is 4.17. The van der Waals surface area contributed by atoms with Gasteiger partial charge in [-0.2, -0.15) is 13.2 Å². The quantitative estimate of drug-likeness (QED) is 0.869. The van der Waals surface area contributed by atoms with Crippen molar-refractivity contribution in [2.75, 3.05) is 29.9 Å². The third kappa shape index (κ3) is 3.41. The predicted molar refractivity (Wildman–Crippen MR) is 68.8 cm³/mol. The van der Waals surface area contributed by atoms with E-state index in [1.807, 2.05) is 11.8 Å². The molecule has 1 aliphatic rings. The Morgan fingerprint density at radius 2 is 2.15 bits per heavy atom. The highest BCUT2D eigenvalue weighted by atomic mass is 19.4. The molecule has 1 N–H and O–H groups in total. The number of hydrogen-bond acceptors (Lipinski definition) is 3. The molecule has 0 bridgehead atoms. The molecule has 1 amide bonds. The molecule has 2 rings (SSSR count). The summed E-state index contributed by atoms with van der Waals surface area (Å²) in [5, 5.41) is 2.27. The molecule has 0 aromatic heterocycles. The van der Waals surface area contributed by atoms with Crippen LogP contribution in [0.4, 0.5) is 24.5 Å². The van der Waals surface area contributed by atoms with Crippen molar-refractivity contribution in [3.05, 3.63) is 23.8 Å². The number of benzene rings is 1. The van der Waals surface area contributed by atoms with E-state index >= 15 is 0 Å². The number of nitrogens with zero attached hydrogens (tertiary/aromatic N) is 1. The minimum atomic E-state index is -4.45. The SMILES string of the molecule is CC1CN(c2cc(NC=O)cc(C(F)(F)F)c2)CCO1. The third-order valence-corrected chi connectivity index (χ3v) is 3.08. The van der Waals surface area contributed by atoms with Crippen LogP contribution >= 0.6 is 0 Å². The largest absolute Gasteiger partial charge is 0.416 e. The van der Waals surface area contributed by atoms with Crippen molar-refractivity contribution in [2.24, 2.45) is 0 Å². The van der Waals surface area contributed by atoms with Crippen LogP contribution in [0, 0.1) is 0 Å². The Balaban J connectivity index is 2.35. The molecule has 0 radical (unpaired) electrons. The Morgan fingerprint density at radius 1 is 1.40 bits per heavy atom. The van der Waals surface area contributed by atoms with Crippen LogP contribution in [-0.2, 0) is 15.7 Å². The number of morpholine rings is 1. The van der Waals surface area contributed by atoms with Gasteiger partial charge in [-0.05, 0) is 25.1 Å². The fraction of sp³-hybridized carbons (Fsp3) is 0.462. The first-order valence-corrected chi connectivity index (χ1v) is 6.19. The summed E-state index contributed by atoms with van der Waals surface area (Å²) in [6.45, 7) is 3.37. The number of carbonyl (C=O) groups excluding carboxylic acids is 1. The smallest absolute Gasteiger partial charge is 0.375 e. The molecule has 110 valence electrons. The summed E-state index contributed by atoms with van der Waals surface area (Å²) in [5.41, 5.74) is -0.221. The van der Waals surface area contributed by atoms with E-state index in [4.69, 9.17) is 4.74 Å². The van der Waals surface area contributed by atoms with Gasteiger partial charge in [0.15, 0.2) is 0 Å². The Labute approximate surface area is 114 Å². The normalized spacial score (nSPS) is 19.8. The fourth-order valence-corrected chi connectivity index (χ4v) is 2.16. The molecule has 1 fully saturated rings. The van der Waals surface area contributed by atoms with Crippen LogP contribution in [0.1, 0.15) is 12.5 Å². The maximum Gasteiger partial charge on any atom is 0.416 e. The minimum Gasteiger partial charge on any atom is -0.375 e. The zero-order valence-corrected chi connectivity index (χ0v) is 10.9. The second-order valence-electron chi connectivity index (χ2n) is 4.66. The number of amides is 1. The van der Waals surface area contributed by atoms with Crippen LogP contribution in [0.3, 0.4) is 0 Å². The molecule has 20 heavy (non-hydrogen) atoms. The summed E-state index contributed by atoms with van der Waals surface area (Å²) in [4.78, 5) is 12.3. The van der Waals surface area contributed by atoms with Crippen LogP contribution in [0.2, 0.25) is 0 Å². The van der Waals surface area contributed by atoms with Gasteiger partial charge in [-0.25, -0.2) is 0 Å². The number of rotatable bonds is 3. The molecule has 4 nitrogen and oxygen atoms in total. The van der Waals surface area contributed by atoms with Crippen molar-refractivity contribution in [3.63, 3.8) is 0 Å². The molecule has 0 saturated carbocycles.